The fraction of sp³-hybridized carbons (Fsp3) is 0.389. The van der Waals surface area contributed by atoms with Crippen molar-refractivity contribution in [2.45, 2.75) is 52.9 Å². The summed E-state index contributed by atoms with van der Waals surface area (Å²) >= 11 is 0. The number of rotatable bonds is 8. The maximum atomic E-state index is 6.92. The molecular weight excluding hydrogens is 532 g/mol. The highest BCUT2D eigenvalue weighted by Crippen LogP contribution is 2.40. The Hall–Kier alpha value is -3.94. The van der Waals surface area contributed by atoms with Gasteiger partial charge in [0.2, 0.25) is 0 Å². The summed E-state index contributed by atoms with van der Waals surface area (Å²) < 4.78 is 6.92. The molecule has 1 saturated heterocycles. The minimum atomic E-state index is 0.516. The summed E-state index contributed by atoms with van der Waals surface area (Å²) in [6.07, 6.45) is 3.71. The molecule has 0 amide bonds. The Bertz CT molecular complexity index is 1560. The predicted octanol–water partition coefficient (Wildman–Crippen LogP) is 6.82. The fourth-order valence-corrected chi connectivity index (χ4v) is 6.25. The molecule has 0 spiro atoms. The molecule has 1 fully saturated rings. The van der Waals surface area contributed by atoms with Crippen LogP contribution in [-0.2, 0) is 13.1 Å². The molecule has 6 rings (SSSR count). The summed E-state index contributed by atoms with van der Waals surface area (Å²) in [5.41, 5.74) is 6.12. The van der Waals surface area contributed by atoms with E-state index in [-0.39, 0.29) is 0 Å². The van der Waals surface area contributed by atoms with Crippen LogP contribution in [0.3, 0.4) is 0 Å². The van der Waals surface area contributed by atoms with Crippen molar-refractivity contribution < 1.29 is 4.42 Å². The van der Waals surface area contributed by atoms with E-state index in [0.717, 1.165) is 78.3 Å². The highest BCUT2D eigenvalue weighted by atomic mass is 16.3. The van der Waals surface area contributed by atoms with Crippen LogP contribution >= 0.6 is 0 Å². The Balaban J connectivity index is 1.41. The normalized spacial score (nSPS) is 15.7. The molecule has 1 aliphatic rings. The molecule has 3 aromatic heterocycles. The maximum absolute atomic E-state index is 6.92. The number of furan rings is 1. The van der Waals surface area contributed by atoms with E-state index in [4.69, 9.17) is 4.42 Å². The van der Waals surface area contributed by atoms with E-state index in [1.165, 1.54) is 5.69 Å². The number of benzene rings is 2. The third kappa shape index (κ3) is 6.53. The van der Waals surface area contributed by atoms with Crippen molar-refractivity contribution in [3.8, 4) is 0 Å². The number of hydrogen-bond acceptors (Lipinski definition) is 7. The molecule has 0 N–H and O–H groups in total. The first-order chi connectivity index (χ1) is 21.0. The highest BCUT2D eigenvalue weighted by Gasteiger charge is 2.23. The van der Waals surface area contributed by atoms with Crippen LogP contribution in [0.5, 0.6) is 0 Å². The van der Waals surface area contributed by atoms with E-state index in [2.05, 4.69) is 106 Å². The van der Waals surface area contributed by atoms with E-state index in [9.17, 15) is 0 Å². The van der Waals surface area contributed by atoms with Gasteiger partial charge in [0, 0.05) is 74.5 Å². The molecule has 0 bridgehead atoms. The van der Waals surface area contributed by atoms with E-state index >= 15 is 0 Å². The molecule has 43 heavy (non-hydrogen) atoms. The third-order valence-corrected chi connectivity index (χ3v) is 8.77. The topological polar surface area (TPSA) is 51.9 Å². The van der Waals surface area contributed by atoms with Gasteiger partial charge in [-0.3, -0.25) is 19.8 Å². The largest absolute Gasteiger partial charge is 0.452 e. The number of fused-ring (bicyclic) bond motifs is 3. The van der Waals surface area contributed by atoms with Crippen LogP contribution in [0, 0.1) is 0 Å². The van der Waals surface area contributed by atoms with Gasteiger partial charge in [-0.2, -0.15) is 0 Å². The summed E-state index contributed by atoms with van der Waals surface area (Å²) in [6.45, 7) is 16.8. The number of para-hydroxylation sites is 2. The van der Waals surface area contributed by atoms with Crippen LogP contribution in [0.2, 0.25) is 0 Å². The Morgan fingerprint density at radius 3 is 1.70 bits per heavy atom. The number of pyridine rings is 2. The van der Waals surface area contributed by atoms with Gasteiger partial charge in [0.15, 0.2) is 11.2 Å². The molecule has 4 heterocycles. The Kier molecular flexibility index (Phi) is 8.91. The zero-order chi connectivity index (χ0) is 29.8. The van der Waals surface area contributed by atoms with Crippen LogP contribution in [0.4, 0.5) is 11.4 Å². The quantitative estimate of drug-likeness (QED) is 0.201. The van der Waals surface area contributed by atoms with E-state index in [0.29, 0.717) is 25.2 Å². The van der Waals surface area contributed by atoms with Crippen LogP contribution in [0.25, 0.3) is 21.9 Å². The summed E-state index contributed by atoms with van der Waals surface area (Å²) in [4.78, 5) is 19.4. The second-order valence-electron chi connectivity index (χ2n) is 12.2. The van der Waals surface area contributed by atoms with Crippen LogP contribution < -0.4 is 9.80 Å². The summed E-state index contributed by atoms with van der Waals surface area (Å²) in [5.74, 6) is 0. The van der Waals surface area contributed by atoms with Gasteiger partial charge in [-0.05, 0) is 64.1 Å². The van der Waals surface area contributed by atoms with Crippen LogP contribution in [0.15, 0.2) is 89.6 Å². The number of aromatic nitrogens is 2. The molecule has 0 radical (unpaired) electrons. The molecular formula is C36H44N6O. The lowest BCUT2D eigenvalue weighted by Gasteiger charge is -2.30. The zero-order valence-electron chi connectivity index (χ0n) is 26.0. The minimum Gasteiger partial charge on any atom is -0.452 e. The summed E-state index contributed by atoms with van der Waals surface area (Å²) in [7, 11) is 0. The number of hydrogen-bond donors (Lipinski definition) is 0. The van der Waals surface area contributed by atoms with Crippen LogP contribution in [-0.4, -0.2) is 71.1 Å². The molecule has 0 unspecified atom stereocenters. The molecule has 0 atom stereocenters. The van der Waals surface area contributed by atoms with Gasteiger partial charge in [-0.1, -0.05) is 36.4 Å². The molecule has 5 aromatic rings. The van der Waals surface area contributed by atoms with Crippen molar-refractivity contribution in [2.24, 2.45) is 0 Å². The second kappa shape index (κ2) is 13.1. The molecule has 2 aromatic carbocycles. The smallest absolute Gasteiger partial charge is 0.158 e. The Morgan fingerprint density at radius 2 is 1.16 bits per heavy atom. The van der Waals surface area contributed by atoms with Crippen molar-refractivity contribution in [1.82, 2.24) is 19.8 Å². The predicted molar refractivity (Wildman–Crippen MR) is 178 cm³/mol. The van der Waals surface area contributed by atoms with Gasteiger partial charge in [0.25, 0.3) is 0 Å². The van der Waals surface area contributed by atoms with E-state index < -0.39 is 0 Å². The molecule has 0 aliphatic carbocycles. The van der Waals surface area contributed by atoms with Crippen LogP contribution in [0.1, 0.15) is 39.1 Å². The first-order valence-electron chi connectivity index (χ1n) is 15.7. The lowest BCUT2D eigenvalue weighted by atomic mass is 10.1. The van der Waals surface area contributed by atoms with Gasteiger partial charge in [0.1, 0.15) is 0 Å². The average Bonchev–Trinajstić information content (AvgIpc) is 3.45. The van der Waals surface area contributed by atoms with Crippen molar-refractivity contribution >= 4 is 33.3 Å². The minimum absolute atomic E-state index is 0.516. The van der Waals surface area contributed by atoms with Gasteiger partial charge in [-0.15, -0.1) is 0 Å². The lowest BCUT2D eigenvalue weighted by molar-refractivity contribution is 0.169. The summed E-state index contributed by atoms with van der Waals surface area (Å²) in [5, 5.41) is 2.30. The first kappa shape index (κ1) is 29.1. The van der Waals surface area contributed by atoms with E-state index in [1.54, 1.807) is 0 Å². The van der Waals surface area contributed by atoms with Crippen molar-refractivity contribution in [1.29, 1.82) is 0 Å². The maximum Gasteiger partial charge on any atom is 0.158 e. The molecule has 224 valence electrons. The number of anilines is 2. The average molecular weight is 577 g/mol. The fourth-order valence-electron chi connectivity index (χ4n) is 6.25. The Labute approximate surface area is 255 Å². The van der Waals surface area contributed by atoms with Crippen molar-refractivity contribution in [3.63, 3.8) is 0 Å². The molecule has 0 saturated carbocycles. The highest BCUT2D eigenvalue weighted by molar-refractivity contribution is 6.12. The standard InChI is InChI=1S/C36H44N6O/c1-27(2)39-19-20-40(28(3)4)22-24-41(23-21-39)33-15-9-13-31-32-14-10-16-34(36(32)43-35(31)33)42(25-29-11-5-7-17-37-29)26-30-12-6-8-18-38-30/h5-18,27-28H,19-26H2,1-4H3. The Morgan fingerprint density at radius 1 is 0.628 bits per heavy atom. The molecule has 7 nitrogen and oxygen atoms in total. The molecule has 7 heteroatoms. The first-order valence-corrected chi connectivity index (χ1v) is 15.7. The monoisotopic (exact) mass is 576 g/mol. The van der Waals surface area contributed by atoms with Gasteiger partial charge in [0.05, 0.1) is 35.9 Å². The zero-order valence-corrected chi connectivity index (χ0v) is 26.0. The van der Waals surface area contributed by atoms with Crippen molar-refractivity contribution in [3.05, 3.63) is 96.6 Å². The third-order valence-electron chi connectivity index (χ3n) is 8.77. The van der Waals surface area contributed by atoms with E-state index in [1.807, 2.05) is 36.7 Å². The van der Waals surface area contributed by atoms with Gasteiger partial charge >= 0.3 is 0 Å². The SMILES string of the molecule is CC(C)N1CCN(c2cccc3c2oc2c(N(Cc4ccccn4)Cc4ccccn4)cccc23)CCN(C(C)C)CC1. The second-order valence-corrected chi connectivity index (χ2v) is 12.2. The van der Waals surface area contributed by atoms with Gasteiger partial charge in [-0.25, -0.2) is 0 Å². The lowest BCUT2D eigenvalue weighted by Crippen LogP contribution is -2.41. The van der Waals surface area contributed by atoms with Gasteiger partial charge < -0.3 is 14.2 Å². The van der Waals surface area contributed by atoms with Crippen molar-refractivity contribution in [2.75, 3.05) is 49.1 Å². The summed E-state index contributed by atoms with van der Waals surface area (Å²) in [6, 6.07) is 26.3. The number of nitrogens with zero attached hydrogens (tertiary/aromatic N) is 6. The molecule has 1 aliphatic heterocycles.